The normalized spacial score (nSPS) is 11.3. The van der Waals surface area contributed by atoms with Crippen LogP contribution in [0.25, 0.3) is 0 Å². The molecule has 0 aliphatic rings. The average molecular weight is 622 g/mol. The third-order valence-electron chi connectivity index (χ3n) is 6.09. The summed E-state index contributed by atoms with van der Waals surface area (Å²) in [6.07, 6.45) is 0.196. The number of para-hydroxylation sites is 1. The first-order valence-electron chi connectivity index (χ1n) is 12.8. The molecule has 4 rings (SSSR count). The highest BCUT2D eigenvalue weighted by molar-refractivity contribution is 8.00. The van der Waals surface area contributed by atoms with Crippen LogP contribution < -0.4 is 16.0 Å². The molecule has 0 spiro atoms. The third kappa shape index (κ3) is 8.00. The van der Waals surface area contributed by atoms with E-state index in [4.69, 9.17) is 16.3 Å². The van der Waals surface area contributed by atoms with Gasteiger partial charge < -0.3 is 20.7 Å². The Morgan fingerprint density at radius 1 is 0.905 bits per heavy atom. The van der Waals surface area contributed by atoms with Crippen molar-refractivity contribution in [2.24, 2.45) is 0 Å². The monoisotopic (exact) mass is 621 g/mol. The van der Waals surface area contributed by atoms with Crippen molar-refractivity contribution < 1.29 is 23.9 Å². The molecule has 0 aliphatic carbocycles. The summed E-state index contributed by atoms with van der Waals surface area (Å²) in [4.78, 5) is 52.4. The fourth-order valence-electron chi connectivity index (χ4n) is 3.99. The fourth-order valence-corrected chi connectivity index (χ4v) is 6.13. The maximum atomic E-state index is 13.2. The topological polar surface area (TPSA) is 114 Å². The first-order chi connectivity index (χ1) is 20.1. The van der Waals surface area contributed by atoms with Crippen LogP contribution in [-0.4, -0.2) is 36.1 Å². The number of hydrogen-bond acceptors (Lipinski definition) is 7. The van der Waals surface area contributed by atoms with Crippen LogP contribution >= 0.6 is 34.7 Å². The second-order valence-electron chi connectivity index (χ2n) is 9.20. The summed E-state index contributed by atoms with van der Waals surface area (Å²) in [6, 6.07) is 23.2. The van der Waals surface area contributed by atoms with Crippen molar-refractivity contribution in [3.63, 3.8) is 0 Å². The number of carbonyl (C=O) groups is 4. The molecule has 216 valence electrons. The Bertz CT molecular complexity index is 1610. The standard InChI is InChI=1S/C31H28ClN3O5S2/c1-18-26(31(39)40-3)30(42-27(18)29(38)34-22-8-5-4-6-9-22)35-28(37)19(2)41-24-11-7-10-23(17-24)33-25(36)16-20-12-14-21(32)15-13-20/h4-15,17,19H,16H2,1-3H3,(H,33,36)(H,34,38)(H,35,37). The number of anilines is 3. The average Bonchev–Trinajstić information content (AvgIpc) is 3.29. The minimum atomic E-state index is -0.653. The molecule has 3 N–H and O–H groups in total. The summed E-state index contributed by atoms with van der Waals surface area (Å²) in [6.45, 7) is 3.37. The van der Waals surface area contributed by atoms with E-state index in [0.29, 0.717) is 22.0 Å². The van der Waals surface area contributed by atoms with Crippen molar-refractivity contribution in [2.75, 3.05) is 23.1 Å². The highest BCUT2D eigenvalue weighted by Gasteiger charge is 2.27. The Hall–Kier alpha value is -4.12. The smallest absolute Gasteiger partial charge is 0.341 e. The molecule has 0 bridgehead atoms. The molecule has 0 radical (unpaired) electrons. The largest absolute Gasteiger partial charge is 0.465 e. The van der Waals surface area contributed by atoms with Crippen molar-refractivity contribution in [3.8, 4) is 0 Å². The molecule has 8 nitrogen and oxygen atoms in total. The first-order valence-corrected chi connectivity index (χ1v) is 14.9. The van der Waals surface area contributed by atoms with Crippen LogP contribution in [0.2, 0.25) is 5.02 Å². The van der Waals surface area contributed by atoms with E-state index in [-0.39, 0.29) is 33.7 Å². The number of carbonyl (C=O) groups excluding carboxylic acids is 4. The van der Waals surface area contributed by atoms with Crippen molar-refractivity contribution >= 4 is 74.8 Å². The molecule has 4 aromatic rings. The SMILES string of the molecule is COC(=O)c1c(NC(=O)C(C)Sc2cccc(NC(=O)Cc3ccc(Cl)cc3)c2)sc(C(=O)Nc2ccccc2)c1C. The van der Waals surface area contributed by atoms with E-state index in [1.807, 2.05) is 12.1 Å². The Morgan fingerprint density at radius 2 is 1.60 bits per heavy atom. The predicted molar refractivity (Wildman–Crippen MR) is 169 cm³/mol. The molecule has 1 heterocycles. The van der Waals surface area contributed by atoms with Crippen molar-refractivity contribution in [1.82, 2.24) is 0 Å². The minimum absolute atomic E-state index is 0.136. The van der Waals surface area contributed by atoms with Gasteiger partial charge in [-0.2, -0.15) is 0 Å². The van der Waals surface area contributed by atoms with Crippen molar-refractivity contribution in [3.05, 3.63) is 105 Å². The summed E-state index contributed by atoms with van der Waals surface area (Å²) in [5, 5.41) is 8.76. The second-order valence-corrected chi connectivity index (χ2v) is 12.1. The minimum Gasteiger partial charge on any atom is -0.465 e. The quantitative estimate of drug-likeness (QED) is 0.129. The lowest BCUT2D eigenvalue weighted by molar-refractivity contribution is -0.116. The van der Waals surface area contributed by atoms with Crippen molar-refractivity contribution in [1.29, 1.82) is 0 Å². The molecule has 1 aromatic heterocycles. The molecule has 3 amide bonds. The van der Waals surface area contributed by atoms with Crippen LogP contribution in [-0.2, 0) is 20.7 Å². The number of methoxy groups -OCH3 is 1. The maximum Gasteiger partial charge on any atom is 0.341 e. The summed E-state index contributed by atoms with van der Waals surface area (Å²) >= 11 is 8.21. The van der Waals surface area contributed by atoms with E-state index in [9.17, 15) is 19.2 Å². The zero-order chi connectivity index (χ0) is 30.2. The Labute approximate surface area is 256 Å². The van der Waals surface area contributed by atoms with Crippen LogP contribution in [0.15, 0.2) is 83.8 Å². The van der Waals surface area contributed by atoms with Gasteiger partial charge >= 0.3 is 5.97 Å². The van der Waals surface area contributed by atoms with Crippen LogP contribution in [0.5, 0.6) is 0 Å². The molecular weight excluding hydrogens is 594 g/mol. The Morgan fingerprint density at radius 3 is 2.29 bits per heavy atom. The van der Waals surface area contributed by atoms with Gasteiger partial charge in [-0.05, 0) is 67.4 Å². The molecule has 42 heavy (non-hydrogen) atoms. The lowest BCUT2D eigenvalue weighted by Crippen LogP contribution is -2.23. The van der Waals surface area contributed by atoms with Gasteiger partial charge in [0.25, 0.3) is 5.91 Å². The fraction of sp³-hybridized carbons (Fsp3) is 0.161. The molecule has 0 fully saturated rings. The maximum absolute atomic E-state index is 13.2. The van der Waals surface area contributed by atoms with Gasteiger partial charge in [0.15, 0.2) is 0 Å². The zero-order valence-electron chi connectivity index (χ0n) is 23.0. The Balaban J connectivity index is 1.43. The van der Waals surface area contributed by atoms with Gasteiger partial charge in [0, 0.05) is 21.3 Å². The number of benzene rings is 3. The number of hydrogen-bond donors (Lipinski definition) is 3. The number of thiophene rings is 1. The summed E-state index contributed by atoms with van der Waals surface area (Å²) in [7, 11) is 1.24. The number of esters is 1. The number of rotatable bonds is 10. The van der Waals surface area contributed by atoms with E-state index < -0.39 is 17.1 Å². The molecular formula is C31H28ClN3O5S2. The van der Waals surface area contributed by atoms with Gasteiger partial charge in [-0.25, -0.2) is 4.79 Å². The molecule has 1 unspecified atom stereocenters. The van der Waals surface area contributed by atoms with Crippen LogP contribution in [0.1, 0.15) is 38.1 Å². The predicted octanol–water partition coefficient (Wildman–Crippen LogP) is 7.05. The summed E-state index contributed by atoms with van der Waals surface area (Å²) < 4.78 is 4.93. The van der Waals surface area contributed by atoms with E-state index in [1.165, 1.54) is 18.9 Å². The number of halogens is 1. The first kappa shape index (κ1) is 30.8. The molecule has 1 atom stereocenters. The van der Waals surface area contributed by atoms with Crippen LogP contribution in [0, 0.1) is 6.92 Å². The van der Waals surface area contributed by atoms with Gasteiger partial charge in [-0.3, -0.25) is 14.4 Å². The lowest BCUT2D eigenvalue weighted by Gasteiger charge is -2.13. The van der Waals surface area contributed by atoms with Crippen LogP contribution in [0.3, 0.4) is 0 Å². The number of amides is 3. The second kappa shape index (κ2) is 14.2. The lowest BCUT2D eigenvalue weighted by atomic mass is 10.1. The van der Waals surface area contributed by atoms with E-state index in [2.05, 4.69) is 16.0 Å². The van der Waals surface area contributed by atoms with Gasteiger partial charge in [0.1, 0.15) is 5.00 Å². The van der Waals surface area contributed by atoms with E-state index in [0.717, 1.165) is 21.8 Å². The third-order valence-corrected chi connectivity index (χ3v) is 8.64. The molecule has 3 aromatic carbocycles. The van der Waals surface area contributed by atoms with Gasteiger partial charge in [-0.15, -0.1) is 23.1 Å². The van der Waals surface area contributed by atoms with Crippen LogP contribution in [0.4, 0.5) is 16.4 Å². The Kier molecular flexibility index (Phi) is 10.4. The van der Waals surface area contributed by atoms with E-state index >= 15 is 0 Å². The summed E-state index contributed by atoms with van der Waals surface area (Å²) in [5.41, 5.74) is 2.59. The summed E-state index contributed by atoms with van der Waals surface area (Å²) in [5.74, 6) is -1.59. The van der Waals surface area contributed by atoms with Gasteiger partial charge in [0.05, 0.1) is 29.2 Å². The number of nitrogens with one attached hydrogen (secondary N) is 3. The van der Waals surface area contributed by atoms with Gasteiger partial charge in [0.2, 0.25) is 11.8 Å². The van der Waals surface area contributed by atoms with Crippen molar-refractivity contribution in [2.45, 2.75) is 30.4 Å². The molecule has 0 saturated carbocycles. The highest BCUT2D eigenvalue weighted by Crippen LogP contribution is 2.35. The highest BCUT2D eigenvalue weighted by atomic mass is 35.5. The molecule has 0 saturated heterocycles. The number of thioether (sulfide) groups is 1. The molecule has 11 heteroatoms. The number of ether oxygens (including phenoxy) is 1. The van der Waals surface area contributed by atoms with Gasteiger partial charge in [-0.1, -0.05) is 48.0 Å². The van der Waals surface area contributed by atoms with E-state index in [1.54, 1.807) is 80.6 Å². The zero-order valence-corrected chi connectivity index (χ0v) is 25.4. The molecule has 0 aliphatic heterocycles.